The Morgan fingerprint density at radius 2 is 1.14 bits per heavy atom. The van der Waals surface area contributed by atoms with Gasteiger partial charge in [-0.1, -0.05) is 0 Å². The minimum Gasteiger partial charge on any atom is -0.344 e. The van der Waals surface area contributed by atoms with E-state index in [4.69, 9.17) is 18.9 Å². The highest BCUT2D eigenvalue weighted by molar-refractivity contribution is 9.10. The minimum absolute atomic E-state index is 0.158. The zero-order chi connectivity index (χ0) is 15.7. The fourth-order valence-electron chi connectivity index (χ4n) is 1.70. The molecule has 0 aliphatic carbocycles. The molecule has 2 saturated heterocycles. The van der Waals surface area contributed by atoms with Gasteiger partial charge >= 0.3 is 8.90 Å². The number of hydrogen-bond acceptors (Lipinski definition) is 8. The smallest absolute Gasteiger partial charge is 0.320 e. The molecule has 0 aromatic heterocycles. The largest absolute Gasteiger partial charge is 0.344 e. The normalized spacial score (nSPS) is 40.7. The van der Waals surface area contributed by atoms with E-state index in [1.165, 1.54) is 0 Å². The van der Waals surface area contributed by atoms with Crippen LogP contribution in [0.3, 0.4) is 0 Å². The van der Waals surface area contributed by atoms with Crippen molar-refractivity contribution in [2.24, 2.45) is 0 Å². The highest BCUT2D eigenvalue weighted by Crippen LogP contribution is 2.30. The van der Waals surface area contributed by atoms with Gasteiger partial charge in [-0.15, -0.1) is 0 Å². The first-order valence-electron chi connectivity index (χ1n) is 5.88. The van der Waals surface area contributed by atoms with E-state index in [0.29, 0.717) is 0 Å². The molecule has 0 spiro atoms. The van der Waals surface area contributed by atoms with Crippen LogP contribution in [0.2, 0.25) is 0 Å². The molecule has 0 unspecified atom stereocenters. The van der Waals surface area contributed by atoms with E-state index in [1.54, 1.807) is 0 Å². The van der Waals surface area contributed by atoms with Crippen LogP contribution in [-0.4, -0.2) is 57.8 Å². The first-order valence-corrected chi connectivity index (χ1v) is 7.47. The van der Waals surface area contributed by atoms with Gasteiger partial charge in [-0.2, -0.15) is 0 Å². The van der Waals surface area contributed by atoms with Crippen LogP contribution in [-0.2, 0) is 18.9 Å². The molecular weight excluding hydrogens is 424 g/mol. The predicted molar refractivity (Wildman–Crippen MR) is 73.3 cm³/mol. The SMILES string of the molecule is O=[N+]([O-])C1(Br)COC(CC2OCC(Br)([N+](=O)[O-])CO2)OC1. The average Bonchev–Trinajstić information content (AvgIpc) is 2.44. The molecule has 0 aromatic carbocycles. The molecule has 21 heavy (non-hydrogen) atoms. The lowest BCUT2D eigenvalue weighted by Crippen LogP contribution is -2.51. The van der Waals surface area contributed by atoms with Crippen molar-refractivity contribution in [1.82, 2.24) is 0 Å². The first-order chi connectivity index (χ1) is 9.75. The maximum atomic E-state index is 10.8. The van der Waals surface area contributed by atoms with Crippen molar-refractivity contribution in [3.63, 3.8) is 0 Å². The van der Waals surface area contributed by atoms with E-state index in [-0.39, 0.29) is 32.8 Å². The number of ether oxygens (including phenoxy) is 4. The van der Waals surface area contributed by atoms with E-state index in [9.17, 15) is 20.2 Å². The number of rotatable bonds is 4. The summed E-state index contributed by atoms with van der Waals surface area (Å²) in [4.78, 5) is 20.5. The third-order valence-electron chi connectivity index (χ3n) is 3.00. The summed E-state index contributed by atoms with van der Waals surface area (Å²) in [6.45, 7) is -0.632. The average molecular weight is 436 g/mol. The Morgan fingerprint density at radius 1 is 0.857 bits per heavy atom. The van der Waals surface area contributed by atoms with Crippen molar-refractivity contribution in [3.8, 4) is 0 Å². The van der Waals surface area contributed by atoms with Crippen molar-refractivity contribution in [2.75, 3.05) is 26.4 Å². The highest BCUT2D eigenvalue weighted by atomic mass is 79.9. The van der Waals surface area contributed by atoms with Gasteiger partial charge in [-0.05, 0) is 0 Å². The molecule has 0 saturated carbocycles. The highest BCUT2D eigenvalue weighted by Gasteiger charge is 2.48. The monoisotopic (exact) mass is 434 g/mol. The lowest BCUT2D eigenvalue weighted by atomic mass is 10.3. The van der Waals surface area contributed by atoms with Crippen molar-refractivity contribution in [1.29, 1.82) is 0 Å². The molecule has 2 rings (SSSR count). The summed E-state index contributed by atoms with van der Waals surface area (Å²) in [7, 11) is 0. The summed E-state index contributed by atoms with van der Waals surface area (Å²) < 4.78 is 18.1. The molecule has 12 heteroatoms. The van der Waals surface area contributed by atoms with Gasteiger partial charge in [0.05, 0.1) is 0 Å². The Bertz CT molecular complexity index is 382. The second-order valence-corrected chi connectivity index (χ2v) is 7.64. The summed E-state index contributed by atoms with van der Waals surface area (Å²) in [6.07, 6.45) is -1.28. The van der Waals surface area contributed by atoms with Crippen molar-refractivity contribution in [2.45, 2.75) is 27.9 Å². The van der Waals surface area contributed by atoms with Crippen LogP contribution < -0.4 is 0 Å². The van der Waals surface area contributed by atoms with Gasteiger partial charge in [0.15, 0.2) is 12.6 Å². The van der Waals surface area contributed by atoms with Gasteiger partial charge < -0.3 is 18.9 Å². The predicted octanol–water partition coefficient (Wildman–Crippen LogP) is 0.858. The second kappa shape index (κ2) is 6.38. The molecule has 0 bridgehead atoms. The number of alkyl halides is 2. The van der Waals surface area contributed by atoms with Crippen LogP contribution in [0.15, 0.2) is 0 Å². The molecule has 0 N–H and O–H groups in total. The van der Waals surface area contributed by atoms with Crippen LogP contribution in [0.5, 0.6) is 0 Å². The third-order valence-corrected chi connectivity index (χ3v) is 4.50. The molecule has 0 radical (unpaired) electrons. The van der Waals surface area contributed by atoms with Gasteiger partial charge in [-0.3, -0.25) is 20.2 Å². The Morgan fingerprint density at radius 3 is 1.38 bits per heavy atom. The van der Waals surface area contributed by atoms with Crippen molar-refractivity contribution >= 4 is 31.9 Å². The quantitative estimate of drug-likeness (QED) is 0.275. The van der Waals surface area contributed by atoms with Crippen LogP contribution in [0.25, 0.3) is 0 Å². The Labute approximate surface area is 135 Å². The topological polar surface area (TPSA) is 123 Å². The summed E-state index contributed by atoms with van der Waals surface area (Å²) >= 11 is 5.90. The van der Waals surface area contributed by atoms with Crippen LogP contribution in [0.4, 0.5) is 0 Å². The molecular formula is C9H12Br2N2O8. The molecule has 2 heterocycles. The van der Waals surface area contributed by atoms with Crippen LogP contribution >= 0.6 is 31.9 Å². The van der Waals surface area contributed by atoms with E-state index >= 15 is 0 Å². The van der Waals surface area contributed by atoms with Crippen molar-refractivity contribution in [3.05, 3.63) is 20.2 Å². The lowest BCUT2D eigenvalue weighted by molar-refractivity contribution is -0.561. The van der Waals surface area contributed by atoms with Crippen LogP contribution in [0.1, 0.15) is 6.42 Å². The molecule has 120 valence electrons. The summed E-state index contributed by atoms with van der Waals surface area (Å²) in [6, 6.07) is 0. The summed E-state index contributed by atoms with van der Waals surface area (Å²) in [5.74, 6) is 0. The van der Waals surface area contributed by atoms with E-state index in [1.807, 2.05) is 0 Å². The van der Waals surface area contributed by atoms with Gasteiger partial charge in [0.1, 0.15) is 26.4 Å². The number of nitrogens with zero attached hydrogens (tertiary/aromatic N) is 2. The summed E-state index contributed by atoms with van der Waals surface area (Å²) in [5, 5.41) is 21.6. The maximum absolute atomic E-state index is 10.8. The molecule has 0 atom stereocenters. The summed E-state index contributed by atoms with van der Waals surface area (Å²) in [5.41, 5.74) is 0. The van der Waals surface area contributed by atoms with Crippen molar-refractivity contribution < 1.29 is 28.8 Å². The lowest BCUT2D eigenvalue weighted by Gasteiger charge is -2.34. The van der Waals surface area contributed by atoms with Gasteiger partial charge in [0.25, 0.3) is 0 Å². The Kier molecular flexibility index (Phi) is 5.15. The number of nitro groups is 2. The second-order valence-electron chi connectivity index (χ2n) is 4.69. The van der Waals surface area contributed by atoms with Crippen LogP contribution in [0, 0.1) is 20.2 Å². The molecule has 2 aliphatic rings. The van der Waals surface area contributed by atoms with E-state index in [0.717, 1.165) is 0 Å². The van der Waals surface area contributed by atoms with E-state index < -0.39 is 31.3 Å². The minimum atomic E-state index is -1.45. The number of hydrogen-bond donors (Lipinski definition) is 0. The first kappa shape index (κ1) is 17.0. The molecule has 2 aliphatic heterocycles. The standard InChI is InChI=1S/C9H12Br2N2O8/c10-8(12(14)15)2-18-6(19-3-8)1-7-20-4-9(11,5-21-7)13(16)17/h6-7H,1-5H2. The maximum Gasteiger partial charge on any atom is 0.320 e. The Balaban J connectivity index is 1.78. The van der Waals surface area contributed by atoms with Gasteiger partial charge in [0.2, 0.25) is 0 Å². The fraction of sp³-hybridized carbons (Fsp3) is 1.00. The Hall–Kier alpha value is -0.400. The fourth-order valence-corrected chi connectivity index (χ4v) is 2.23. The zero-order valence-electron chi connectivity index (χ0n) is 10.6. The molecule has 0 amide bonds. The number of halogens is 2. The molecule has 10 nitrogen and oxygen atoms in total. The van der Waals surface area contributed by atoms with Gasteiger partial charge in [-0.25, -0.2) is 0 Å². The molecule has 2 fully saturated rings. The zero-order valence-corrected chi connectivity index (χ0v) is 13.8. The van der Waals surface area contributed by atoms with Gasteiger partial charge in [0, 0.05) is 48.1 Å². The van der Waals surface area contributed by atoms with E-state index in [2.05, 4.69) is 31.9 Å². The third kappa shape index (κ3) is 3.87. The molecule has 0 aromatic rings.